The van der Waals surface area contributed by atoms with E-state index in [2.05, 4.69) is 17.3 Å². The Labute approximate surface area is 157 Å². The molecule has 1 aromatic heterocycles. The van der Waals surface area contributed by atoms with Crippen molar-refractivity contribution in [2.75, 3.05) is 6.54 Å². The van der Waals surface area contributed by atoms with Crippen LogP contribution in [-0.2, 0) is 25.8 Å². The Kier molecular flexibility index (Phi) is 4.76. The molecule has 4 rings (SSSR count). The summed E-state index contributed by atoms with van der Waals surface area (Å²) in [6, 6.07) is 17.8. The first-order valence-electron chi connectivity index (χ1n) is 8.76. The van der Waals surface area contributed by atoms with Crippen molar-refractivity contribution in [3.63, 3.8) is 0 Å². The van der Waals surface area contributed by atoms with E-state index in [0.717, 1.165) is 41.1 Å². The Morgan fingerprint density at radius 3 is 2.81 bits per heavy atom. The van der Waals surface area contributed by atoms with Gasteiger partial charge >= 0.3 is 0 Å². The predicted molar refractivity (Wildman–Crippen MR) is 100 cm³/mol. The number of carbonyl (C=O) groups excluding carboxylic acids is 1. The first kappa shape index (κ1) is 16.9. The number of halogens is 1. The van der Waals surface area contributed by atoms with Gasteiger partial charge in [0.1, 0.15) is 0 Å². The number of hydrogen-bond donors (Lipinski definition) is 0. The largest absolute Gasteiger partial charge is 0.351 e. The highest BCUT2D eigenvalue weighted by Crippen LogP contribution is 2.26. The second kappa shape index (κ2) is 7.34. The van der Waals surface area contributed by atoms with Crippen molar-refractivity contribution in [2.24, 2.45) is 0 Å². The average Bonchev–Trinajstić information content (AvgIpc) is 3.15. The molecule has 0 saturated carbocycles. The fourth-order valence-corrected chi connectivity index (χ4v) is 3.63. The third-order valence-corrected chi connectivity index (χ3v) is 5.13. The van der Waals surface area contributed by atoms with Crippen molar-refractivity contribution in [1.29, 1.82) is 0 Å². The Morgan fingerprint density at radius 1 is 1.12 bits per heavy atom. The van der Waals surface area contributed by atoms with Gasteiger partial charge in [0.2, 0.25) is 5.76 Å². The topological polar surface area (TPSA) is 46.3 Å². The molecule has 132 valence electrons. The summed E-state index contributed by atoms with van der Waals surface area (Å²) in [6.07, 6.45) is 2.38. The molecule has 0 unspecified atom stereocenters. The summed E-state index contributed by atoms with van der Waals surface area (Å²) in [7, 11) is 0. The van der Waals surface area contributed by atoms with E-state index in [4.69, 9.17) is 16.1 Å². The lowest BCUT2D eigenvalue weighted by Gasteiger charge is -2.28. The molecule has 4 nitrogen and oxygen atoms in total. The molecule has 1 aliphatic heterocycles. The van der Waals surface area contributed by atoms with Crippen LogP contribution in [0.3, 0.4) is 0 Å². The number of aromatic nitrogens is 1. The van der Waals surface area contributed by atoms with E-state index in [0.29, 0.717) is 18.8 Å². The van der Waals surface area contributed by atoms with Gasteiger partial charge in [0.25, 0.3) is 5.91 Å². The quantitative estimate of drug-likeness (QED) is 0.691. The first-order chi connectivity index (χ1) is 12.7. The van der Waals surface area contributed by atoms with Gasteiger partial charge in [-0.05, 0) is 42.0 Å². The van der Waals surface area contributed by atoms with Crippen LogP contribution in [0.2, 0.25) is 5.02 Å². The highest BCUT2D eigenvalue weighted by molar-refractivity contribution is 6.31. The number of nitrogens with zero attached hydrogens (tertiary/aromatic N) is 2. The molecule has 0 N–H and O–H groups in total. The van der Waals surface area contributed by atoms with E-state index in [1.54, 1.807) is 11.0 Å². The van der Waals surface area contributed by atoms with Crippen LogP contribution in [0.5, 0.6) is 0 Å². The lowest BCUT2D eigenvalue weighted by molar-refractivity contribution is 0.0692. The number of carbonyl (C=O) groups is 1. The second-order valence-electron chi connectivity index (χ2n) is 6.52. The van der Waals surface area contributed by atoms with Gasteiger partial charge in [-0.3, -0.25) is 4.79 Å². The van der Waals surface area contributed by atoms with Crippen LogP contribution >= 0.6 is 11.6 Å². The zero-order chi connectivity index (χ0) is 17.9. The maximum absolute atomic E-state index is 12.7. The van der Waals surface area contributed by atoms with Crippen LogP contribution in [0.4, 0.5) is 0 Å². The molecule has 2 heterocycles. The summed E-state index contributed by atoms with van der Waals surface area (Å²) in [4.78, 5) is 14.5. The molecule has 26 heavy (non-hydrogen) atoms. The highest BCUT2D eigenvalue weighted by Gasteiger charge is 2.25. The SMILES string of the molecule is O=C(c1cc(CCc2ccccc2)no1)N1CCc2c(Cl)cccc2C1. The standard InChI is InChI=1S/C21H19ClN2O2/c22-19-8-4-7-16-14-24(12-11-18(16)19)21(25)20-13-17(23-26-20)10-9-15-5-2-1-3-6-15/h1-8,13H,9-12,14H2. The number of aryl methyl sites for hydroxylation is 2. The van der Waals surface area contributed by atoms with E-state index in [1.807, 2.05) is 36.4 Å². The van der Waals surface area contributed by atoms with E-state index >= 15 is 0 Å². The van der Waals surface area contributed by atoms with Crippen LogP contribution in [0.25, 0.3) is 0 Å². The van der Waals surface area contributed by atoms with Gasteiger partial charge in [-0.15, -0.1) is 0 Å². The third-order valence-electron chi connectivity index (χ3n) is 4.78. The number of amides is 1. The molecule has 0 atom stereocenters. The van der Waals surface area contributed by atoms with Gasteiger partial charge in [0.15, 0.2) is 0 Å². The van der Waals surface area contributed by atoms with Gasteiger partial charge in [-0.2, -0.15) is 0 Å². The molecule has 5 heteroatoms. The molecule has 0 spiro atoms. The first-order valence-corrected chi connectivity index (χ1v) is 9.13. The number of benzene rings is 2. The lowest BCUT2D eigenvalue weighted by atomic mass is 9.99. The summed E-state index contributed by atoms with van der Waals surface area (Å²) in [6.45, 7) is 1.18. The van der Waals surface area contributed by atoms with Crippen LogP contribution in [0.1, 0.15) is 32.9 Å². The zero-order valence-corrected chi connectivity index (χ0v) is 15.1. The smallest absolute Gasteiger partial charge is 0.292 e. The molecule has 3 aromatic rings. The molecule has 0 fully saturated rings. The van der Waals surface area contributed by atoms with Gasteiger partial charge in [-0.25, -0.2) is 0 Å². The fourth-order valence-electron chi connectivity index (χ4n) is 3.34. The fraction of sp³-hybridized carbons (Fsp3) is 0.238. The van der Waals surface area contributed by atoms with Crippen molar-refractivity contribution < 1.29 is 9.32 Å². The summed E-state index contributed by atoms with van der Waals surface area (Å²) in [5.74, 6) is 0.188. The molecular weight excluding hydrogens is 348 g/mol. The highest BCUT2D eigenvalue weighted by atomic mass is 35.5. The molecule has 0 aliphatic carbocycles. The maximum Gasteiger partial charge on any atom is 0.292 e. The summed E-state index contributed by atoms with van der Waals surface area (Å²) in [5.41, 5.74) is 4.28. The van der Waals surface area contributed by atoms with Crippen LogP contribution in [0, 0.1) is 0 Å². The normalized spacial score (nSPS) is 13.5. The zero-order valence-electron chi connectivity index (χ0n) is 14.3. The van der Waals surface area contributed by atoms with Crippen molar-refractivity contribution in [3.05, 3.63) is 87.8 Å². The van der Waals surface area contributed by atoms with E-state index in [1.165, 1.54) is 5.56 Å². The van der Waals surface area contributed by atoms with Gasteiger partial charge in [0, 0.05) is 24.2 Å². The molecule has 0 bridgehead atoms. The summed E-state index contributed by atoms with van der Waals surface area (Å²) in [5, 5.41) is 4.84. The minimum atomic E-state index is -0.117. The Morgan fingerprint density at radius 2 is 1.96 bits per heavy atom. The van der Waals surface area contributed by atoms with E-state index < -0.39 is 0 Å². The molecule has 0 radical (unpaired) electrons. The minimum absolute atomic E-state index is 0.117. The van der Waals surface area contributed by atoms with Crippen molar-refractivity contribution in [1.82, 2.24) is 10.1 Å². The van der Waals surface area contributed by atoms with Crippen LogP contribution < -0.4 is 0 Å². The average molecular weight is 367 g/mol. The van der Waals surface area contributed by atoms with Gasteiger partial charge < -0.3 is 9.42 Å². The number of fused-ring (bicyclic) bond motifs is 1. The van der Waals surface area contributed by atoms with E-state index in [9.17, 15) is 4.79 Å². The van der Waals surface area contributed by atoms with Crippen molar-refractivity contribution >= 4 is 17.5 Å². The molecule has 0 saturated heterocycles. The summed E-state index contributed by atoms with van der Waals surface area (Å²) >= 11 is 6.24. The van der Waals surface area contributed by atoms with E-state index in [-0.39, 0.29) is 5.91 Å². The Balaban J connectivity index is 1.42. The molecule has 1 amide bonds. The minimum Gasteiger partial charge on any atom is -0.351 e. The molecule has 2 aromatic carbocycles. The predicted octanol–water partition coefficient (Wildman–Crippen LogP) is 4.31. The number of rotatable bonds is 4. The van der Waals surface area contributed by atoms with Crippen molar-refractivity contribution in [2.45, 2.75) is 25.8 Å². The molecular formula is C21H19ClN2O2. The summed E-state index contributed by atoms with van der Waals surface area (Å²) < 4.78 is 5.31. The maximum atomic E-state index is 12.7. The van der Waals surface area contributed by atoms with Crippen LogP contribution in [-0.4, -0.2) is 22.5 Å². The van der Waals surface area contributed by atoms with Gasteiger partial charge in [-0.1, -0.05) is 59.2 Å². The van der Waals surface area contributed by atoms with Gasteiger partial charge in [0.05, 0.1) is 5.69 Å². The Hall–Kier alpha value is -2.59. The Bertz CT molecular complexity index is 921. The molecule has 1 aliphatic rings. The van der Waals surface area contributed by atoms with Crippen LogP contribution in [0.15, 0.2) is 59.1 Å². The number of hydrogen-bond acceptors (Lipinski definition) is 3. The second-order valence-corrected chi connectivity index (χ2v) is 6.93. The third kappa shape index (κ3) is 3.51. The lowest BCUT2D eigenvalue weighted by Crippen LogP contribution is -2.35. The monoisotopic (exact) mass is 366 g/mol. The van der Waals surface area contributed by atoms with Crippen molar-refractivity contribution in [3.8, 4) is 0 Å².